The zero-order valence-corrected chi connectivity index (χ0v) is 21.0. The van der Waals surface area contributed by atoms with Crippen LogP contribution in [0.5, 0.6) is 11.5 Å². The Hall–Kier alpha value is -2.13. The first kappa shape index (κ1) is 24.0. The van der Waals surface area contributed by atoms with Gasteiger partial charge in [-0.1, -0.05) is 17.7 Å². The molecule has 0 saturated heterocycles. The molecule has 3 aromatic rings. The SMILES string of the molecule is COc1cc(CN(CC2CC2)S(=O)(=O)c2ccc(Cl)cc2)ccc1OCCc1scnc1C. The Morgan fingerprint density at radius 3 is 2.55 bits per heavy atom. The number of ether oxygens (including phenoxy) is 2. The monoisotopic (exact) mass is 506 g/mol. The van der Waals surface area contributed by atoms with Crippen LogP contribution < -0.4 is 9.47 Å². The van der Waals surface area contributed by atoms with Crippen LogP contribution in [0.25, 0.3) is 0 Å². The molecule has 1 aliphatic carbocycles. The van der Waals surface area contributed by atoms with Crippen molar-refractivity contribution in [1.82, 2.24) is 9.29 Å². The van der Waals surface area contributed by atoms with Crippen molar-refractivity contribution in [2.24, 2.45) is 5.92 Å². The van der Waals surface area contributed by atoms with Crippen LogP contribution in [0.2, 0.25) is 5.02 Å². The largest absolute Gasteiger partial charge is 0.493 e. The summed E-state index contributed by atoms with van der Waals surface area (Å²) in [6.45, 7) is 3.27. The van der Waals surface area contributed by atoms with E-state index in [2.05, 4.69) is 4.98 Å². The van der Waals surface area contributed by atoms with E-state index in [-0.39, 0.29) is 11.4 Å². The lowest BCUT2D eigenvalue weighted by atomic mass is 10.2. The number of sulfonamides is 1. The standard InChI is InChI=1S/C24H27ClN2O4S2/c1-17-24(32-16-26-17)11-12-31-22-10-5-19(13-23(22)30-2)15-27(14-18-3-4-18)33(28,29)21-8-6-20(25)7-9-21/h5-10,13,16,18H,3-4,11-12,14-15H2,1-2H3. The van der Waals surface area contributed by atoms with E-state index in [0.29, 0.717) is 35.6 Å². The maximum Gasteiger partial charge on any atom is 0.243 e. The van der Waals surface area contributed by atoms with Gasteiger partial charge in [0.25, 0.3) is 0 Å². The van der Waals surface area contributed by atoms with Gasteiger partial charge in [0.1, 0.15) is 0 Å². The normalized spacial score (nSPS) is 13.9. The van der Waals surface area contributed by atoms with Crippen LogP contribution in [0.4, 0.5) is 0 Å². The zero-order chi connectivity index (χ0) is 23.4. The van der Waals surface area contributed by atoms with Crippen molar-refractivity contribution in [2.75, 3.05) is 20.3 Å². The number of aromatic nitrogens is 1. The summed E-state index contributed by atoms with van der Waals surface area (Å²) >= 11 is 7.57. The predicted octanol–water partition coefficient (Wildman–Crippen LogP) is 5.34. The van der Waals surface area contributed by atoms with E-state index in [1.807, 2.05) is 30.6 Å². The second-order valence-corrected chi connectivity index (χ2v) is 11.5. The number of hydrogen-bond acceptors (Lipinski definition) is 6. The van der Waals surface area contributed by atoms with Crippen molar-refractivity contribution in [2.45, 2.75) is 37.6 Å². The lowest BCUT2D eigenvalue weighted by Crippen LogP contribution is -2.32. The Morgan fingerprint density at radius 1 is 1.15 bits per heavy atom. The molecule has 0 N–H and O–H groups in total. The predicted molar refractivity (Wildman–Crippen MR) is 131 cm³/mol. The number of rotatable bonds is 11. The Morgan fingerprint density at radius 2 is 1.91 bits per heavy atom. The summed E-state index contributed by atoms with van der Waals surface area (Å²) < 4.78 is 39.7. The molecule has 2 aromatic carbocycles. The Bertz CT molecular complexity index is 1190. The fourth-order valence-electron chi connectivity index (χ4n) is 3.54. The van der Waals surface area contributed by atoms with Gasteiger partial charge in [-0.15, -0.1) is 11.3 Å². The van der Waals surface area contributed by atoms with E-state index in [9.17, 15) is 8.42 Å². The second kappa shape index (κ2) is 10.4. The summed E-state index contributed by atoms with van der Waals surface area (Å²) in [6, 6.07) is 11.9. The minimum absolute atomic E-state index is 0.248. The lowest BCUT2D eigenvalue weighted by molar-refractivity contribution is 0.297. The van der Waals surface area contributed by atoms with E-state index in [1.165, 1.54) is 4.88 Å². The highest BCUT2D eigenvalue weighted by atomic mass is 35.5. The molecule has 1 aromatic heterocycles. The summed E-state index contributed by atoms with van der Waals surface area (Å²) in [5, 5.41) is 0.508. The highest BCUT2D eigenvalue weighted by molar-refractivity contribution is 7.89. The number of nitrogens with zero attached hydrogens (tertiary/aromatic N) is 2. The molecule has 0 unspecified atom stereocenters. The van der Waals surface area contributed by atoms with Crippen LogP contribution in [0.1, 0.15) is 29.0 Å². The molecule has 0 amide bonds. The third-order valence-electron chi connectivity index (χ3n) is 5.63. The van der Waals surface area contributed by atoms with Gasteiger partial charge in [0.05, 0.1) is 29.8 Å². The topological polar surface area (TPSA) is 68.7 Å². The van der Waals surface area contributed by atoms with Crippen molar-refractivity contribution in [3.63, 3.8) is 0 Å². The molecule has 1 heterocycles. The van der Waals surface area contributed by atoms with Crippen LogP contribution in [-0.2, 0) is 23.0 Å². The van der Waals surface area contributed by atoms with Crippen molar-refractivity contribution in [3.8, 4) is 11.5 Å². The Kier molecular flexibility index (Phi) is 7.58. The van der Waals surface area contributed by atoms with E-state index < -0.39 is 10.0 Å². The van der Waals surface area contributed by atoms with Gasteiger partial charge in [-0.25, -0.2) is 13.4 Å². The Balaban J connectivity index is 1.49. The fourth-order valence-corrected chi connectivity index (χ4v) is 5.94. The average molecular weight is 507 g/mol. The van der Waals surface area contributed by atoms with Crippen LogP contribution in [0.3, 0.4) is 0 Å². The van der Waals surface area contributed by atoms with Crippen molar-refractivity contribution < 1.29 is 17.9 Å². The summed E-state index contributed by atoms with van der Waals surface area (Å²) in [7, 11) is -2.06. The number of methoxy groups -OCH3 is 1. The number of halogens is 1. The van der Waals surface area contributed by atoms with Gasteiger partial charge in [0.2, 0.25) is 10.0 Å². The van der Waals surface area contributed by atoms with Gasteiger partial charge < -0.3 is 9.47 Å². The molecule has 1 aliphatic rings. The van der Waals surface area contributed by atoms with E-state index in [1.54, 1.807) is 47.0 Å². The molecule has 0 atom stereocenters. The van der Waals surface area contributed by atoms with Crippen molar-refractivity contribution in [1.29, 1.82) is 0 Å². The van der Waals surface area contributed by atoms with Gasteiger partial charge in [0, 0.05) is 29.4 Å². The van der Waals surface area contributed by atoms with Crippen LogP contribution >= 0.6 is 22.9 Å². The minimum Gasteiger partial charge on any atom is -0.493 e. The fraction of sp³-hybridized carbons (Fsp3) is 0.375. The molecule has 1 saturated carbocycles. The first-order valence-corrected chi connectivity index (χ1v) is 13.5. The molecule has 9 heteroatoms. The highest BCUT2D eigenvalue weighted by Gasteiger charge is 2.32. The molecule has 176 valence electrons. The number of thiazole rings is 1. The average Bonchev–Trinajstić information content (AvgIpc) is 3.53. The molecule has 33 heavy (non-hydrogen) atoms. The maximum absolute atomic E-state index is 13.3. The van der Waals surface area contributed by atoms with Gasteiger partial charge in [-0.3, -0.25) is 0 Å². The van der Waals surface area contributed by atoms with Crippen LogP contribution in [-0.4, -0.2) is 38.0 Å². The molecule has 0 aliphatic heterocycles. The molecule has 0 bridgehead atoms. The van der Waals surface area contributed by atoms with Crippen LogP contribution in [0.15, 0.2) is 52.9 Å². The summed E-state index contributed by atoms with van der Waals surface area (Å²) in [4.78, 5) is 5.71. The third kappa shape index (κ3) is 6.06. The Labute approximate surface area is 204 Å². The minimum atomic E-state index is -3.65. The van der Waals surface area contributed by atoms with Gasteiger partial charge >= 0.3 is 0 Å². The maximum atomic E-state index is 13.3. The van der Waals surface area contributed by atoms with Crippen LogP contribution in [0, 0.1) is 12.8 Å². The number of aryl methyl sites for hydroxylation is 1. The molecular weight excluding hydrogens is 480 g/mol. The molecule has 4 rings (SSSR count). The summed E-state index contributed by atoms with van der Waals surface area (Å²) in [6.07, 6.45) is 2.89. The number of benzene rings is 2. The third-order valence-corrected chi connectivity index (χ3v) is 8.70. The van der Waals surface area contributed by atoms with E-state index >= 15 is 0 Å². The first-order chi connectivity index (χ1) is 15.9. The molecular formula is C24H27ClN2O4S2. The first-order valence-electron chi connectivity index (χ1n) is 10.8. The summed E-state index contributed by atoms with van der Waals surface area (Å²) in [5.74, 6) is 1.63. The van der Waals surface area contributed by atoms with Crippen molar-refractivity contribution in [3.05, 3.63) is 69.1 Å². The highest BCUT2D eigenvalue weighted by Crippen LogP contribution is 2.34. The summed E-state index contributed by atoms with van der Waals surface area (Å²) in [5.41, 5.74) is 3.71. The molecule has 0 radical (unpaired) electrons. The van der Waals surface area contributed by atoms with Crippen molar-refractivity contribution >= 4 is 33.0 Å². The lowest BCUT2D eigenvalue weighted by Gasteiger charge is -2.23. The van der Waals surface area contributed by atoms with Gasteiger partial charge in [0.15, 0.2) is 11.5 Å². The van der Waals surface area contributed by atoms with Gasteiger partial charge in [-0.05, 0) is 67.6 Å². The van der Waals surface area contributed by atoms with E-state index in [4.69, 9.17) is 21.1 Å². The zero-order valence-electron chi connectivity index (χ0n) is 18.7. The smallest absolute Gasteiger partial charge is 0.243 e. The molecule has 1 fully saturated rings. The molecule has 0 spiro atoms. The quantitative estimate of drug-likeness (QED) is 0.351. The number of hydrogen-bond donors (Lipinski definition) is 0. The molecule has 6 nitrogen and oxygen atoms in total. The van der Waals surface area contributed by atoms with Gasteiger partial charge in [-0.2, -0.15) is 4.31 Å². The van der Waals surface area contributed by atoms with E-state index in [0.717, 1.165) is 30.5 Å². The second-order valence-electron chi connectivity index (χ2n) is 8.14.